The smallest absolute Gasteiger partial charge is 0.289 e. The van der Waals surface area contributed by atoms with Crippen LogP contribution in [0.2, 0.25) is 0 Å². The molecule has 0 aromatic rings. The molecule has 5 atom stereocenters. The Morgan fingerprint density at radius 1 is 0.927 bits per heavy atom. The summed E-state index contributed by atoms with van der Waals surface area (Å²) in [5, 5.41) is 7.96. The summed E-state index contributed by atoms with van der Waals surface area (Å²) in [5.74, 6) is -4.52. The van der Waals surface area contributed by atoms with Crippen LogP contribution < -0.4 is 16.0 Å². The predicted octanol–water partition coefficient (Wildman–Crippen LogP) is 2.08. The third-order valence-electron chi connectivity index (χ3n) is 9.11. The summed E-state index contributed by atoms with van der Waals surface area (Å²) in [6, 6.07) is -2.86. The fraction of sp³-hybridized carbons (Fsp3) is 0.677. The van der Waals surface area contributed by atoms with E-state index in [1.54, 1.807) is 19.9 Å². The second kappa shape index (κ2) is 13.6. The van der Waals surface area contributed by atoms with E-state index in [4.69, 9.17) is 0 Å². The number of allylic oxidation sites excluding steroid dienone is 1. The van der Waals surface area contributed by atoms with E-state index in [2.05, 4.69) is 43.0 Å². The van der Waals surface area contributed by atoms with Crippen molar-refractivity contribution in [3.05, 3.63) is 25.3 Å². The van der Waals surface area contributed by atoms with Crippen LogP contribution in [0.4, 0.5) is 0 Å². The van der Waals surface area contributed by atoms with E-state index in [9.17, 15) is 28.8 Å². The van der Waals surface area contributed by atoms with Crippen molar-refractivity contribution in [1.82, 2.24) is 20.9 Å². The van der Waals surface area contributed by atoms with Gasteiger partial charge in [-0.3, -0.25) is 28.8 Å². The molecule has 10 heteroatoms. The second-order valence-corrected chi connectivity index (χ2v) is 12.5. The number of ketones is 2. The molecule has 0 spiro atoms. The van der Waals surface area contributed by atoms with Gasteiger partial charge in [-0.05, 0) is 48.9 Å². The van der Waals surface area contributed by atoms with Crippen molar-refractivity contribution in [2.24, 2.45) is 29.1 Å². The largest absolute Gasteiger partial charge is 0.346 e. The van der Waals surface area contributed by atoms with Gasteiger partial charge in [0.2, 0.25) is 23.4 Å². The van der Waals surface area contributed by atoms with Crippen LogP contribution in [0.3, 0.4) is 0 Å². The van der Waals surface area contributed by atoms with Gasteiger partial charge in [0.15, 0.2) is 0 Å². The van der Waals surface area contributed by atoms with E-state index in [-0.39, 0.29) is 42.0 Å². The molecule has 2 saturated carbocycles. The number of Topliss-reactive ketones (excluding diaryl/α,β-unsaturated/α-hetero) is 2. The Kier molecular flexibility index (Phi) is 10.7. The SMILES string of the molecule is C=CCCC(NC(=O)[C@@H]1[C@@H]2[C@H](CN1C(=O)[C@@H](NC(=O)C(=O)C(C)C)C1CCCCC1)C2(C)C)C(=O)C(=O)NCC=C. The molecular formula is C31H46N4O6. The van der Waals surface area contributed by atoms with E-state index < -0.39 is 53.3 Å². The zero-order valence-electron chi connectivity index (χ0n) is 24.9. The Hall–Kier alpha value is -3.30. The number of carbonyl (C=O) groups excluding carboxylic acids is 6. The number of likely N-dealkylation sites (tertiary alicyclic amines) is 1. The minimum Gasteiger partial charge on any atom is -0.346 e. The molecule has 3 aliphatic rings. The van der Waals surface area contributed by atoms with Gasteiger partial charge in [0.1, 0.15) is 12.1 Å². The number of amides is 4. The van der Waals surface area contributed by atoms with Gasteiger partial charge in [0, 0.05) is 19.0 Å². The molecule has 3 N–H and O–H groups in total. The maximum atomic E-state index is 14.1. The third-order valence-corrected chi connectivity index (χ3v) is 9.11. The highest BCUT2D eigenvalue weighted by Crippen LogP contribution is 2.65. The fourth-order valence-electron chi connectivity index (χ4n) is 6.54. The molecule has 0 bridgehead atoms. The van der Waals surface area contributed by atoms with E-state index in [0.29, 0.717) is 13.0 Å². The van der Waals surface area contributed by atoms with Gasteiger partial charge in [-0.25, -0.2) is 0 Å². The van der Waals surface area contributed by atoms with Crippen LogP contribution >= 0.6 is 0 Å². The summed E-state index contributed by atoms with van der Waals surface area (Å²) in [6.45, 7) is 15.0. The highest BCUT2D eigenvalue weighted by molar-refractivity contribution is 6.38. The number of carbonyl (C=O) groups is 6. The lowest BCUT2D eigenvalue weighted by molar-refractivity contribution is -0.147. The van der Waals surface area contributed by atoms with Gasteiger partial charge in [-0.1, -0.05) is 59.1 Å². The van der Waals surface area contributed by atoms with Crippen LogP contribution in [0.15, 0.2) is 25.3 Å². The average Bonchev–Trinajstić information content (AvgIpc) is 3.26. The Morgan fingerprint density at radius 2 is 1.59 bits per heavy atom. The molecule has 1 heterocycles. The highest BCUT2D eigenvalue weighted by atomic mass is 16.2. The quantitative estimate of drug-likeness (QED) is 0.216. The molecule has 0 radical (unpaired) electrons. The van der Waals surface area contributed by atoms with Gasteiger partial charge >= 0.3 is 0 Å². The maximum absolute atomic E-state index is 14.1. The molecule has 1 saturated heterocycles. The Labute approximate surface area is 243 Å². The van der Waals surface area contributed by atoms with E-state index in [1.165, 1.54) is 11.0 Å². The number of fused-ring (bicyclic) bond motifs is 1. The summed E-state index contributed by atoms with van der Waals surface area (Å²) < 4.78 is 0. The topological polar surface area (TPSA) is 142 Å². The highest BCUT2D eigenvalue weighted by Gasteiger charge is 2.69. The lowest BCUT2D eigenvalue weighted by Crippen LogP contribution is -2.60. The minimum absolute atomic E-state index is 0.0837. The Balaban J connectivity index is 1.86. The summed E-state index contributed by atoms with van der Waals surface area (Å²) in [6.07, 6.45) is 8.02. The molecule has 1 aliphatic heterocycles. The van der Waals surface area contributed by atoms with Crippen molar-refractivity contribution in [2.75, 3.05) is 13.1 Å². The Morgan fingerprint density at radius 3 is 2.17 bits per heavy atom. The van der Waals surface area contributed by atoms with Gasteiger partial charge in [0.05, 0.1) is 6.04 Å². The summed E-state index contributed by atoms with van der Waals surface area (Å²) >= 11 is 0. The lowest BCUT2D eigenvalue weighted by atomic mass is 9.82. The van der Waals surface area contributed by atoms with Crippen molar-refractivity contribution >= 4 is 35.2 Å². The van der Waals surface area contributed by atoms with Crippen LogP contribution in [-0.4, -0.2) is 71.3 Å². The molecule has 3 fully saturated rings. The molecule has 41 heavy (non-hydrogen) atoms. The zero-order chi connectivity index (χ0) is 30.5. The number of hydrogen-bond acceptors (Lipinski definition) is 6. The first kappa shape index (κ1) is 32.2. The summed E-state index contributed by atoms with van der Waals surface area (Å²) in [5.41, 5.74) is -0.183. The first-order valence-electron chi connectivity index (χ1n) is 14.9. The van der Waals surface area contributed by atoms with Gasteiger partial charge in [0.25, 0.3) is 11.8 Å². The normalized spacial score (nSPS) is 24.4. The number of rotatable bonds is 14. The lowest BCUT2D eigenvalue weighted by Gasteiger charge is -2.37. The first-order chi connectivity index (χ1) is 19.4. The van der Waals surface area contributed by atoms with E-state index in [1.807, 2.05) is 0 Å². The van der Waals surface area contributed by atoms with Crippen LogP contribution in [0, 0.1) is 29.1 Å². The van der Waals surface area contributed by atoms with E-state index >= 15 is 0 Å². The fourth-order valence-corrected chi connectivity index (χ4v) is 6.54. The Bertz CT molecular complexity index is 1080. The molecule has 226 valence electrons. The molecule has 1 unspecified atom stereocenters. The van der Waals surface area contributed by atoms with Crippen molar-refractivity contribution < 1.29 is 28.8 Å². The van der Waals surface area contributed by atoms with Gasteiger partial charge in [-0.15, -0.1) is 13.2 Å². The summed E-state index contributed by atoms with van der Waals surface area (Å²) in [7, 11) is 0. The molecular weight excluding hydrogens is 524 g/mol. The molecule has 2 aliphatic carbocycles. The third kappa shape index (κ3) is 7.13. The van der Waals surface area contributed by atoms with Crippen LogP contribution in [-0.2, 0) is 28.8 Å². The maximum Gasteiger partial charge on any atom is 0.289 e. The van der Waals surface area contributed by atoms with Crippen LogP contribution in [0.25, 0.3) is 0 Å². The van der Waals surface area contributed by atoms with Crippen molar-refractivity contribution in [1.29, 1.82) is 0 Å². The molecule has 10 nitrogen and oxygen atoms in total. The number of piperidine rings is 1. The molecule has 0 aromatic carbocycles. The van der Waals surface area contributed by atoms with Gasteiger partial charge < -0.3 is 20.9 Å². The van der Waals surface area contributed by atoms with Crippen molar-refractivity contribution in [2.45, 2.75) is 90.8 Å². The number of hydrogen-bond donors (Lipinski definition) is 3. The monoisotopic (exact) mass is 570 g/mol. The second-order valence-electron chi connectivity index (χ2n) is 12.5. The molecule has 0 aromatic heterocycles. The van der Waals surface area contributed by atoms with Gasteiger partial charge in [-0.2, -0.15) is 0 Å². The molecule has 4 amide bonds. The minimum atomic E-state index is -1.08. The average molecular weight is 571 g/mol. The zero-order valence-corrected chi connectivity index (χ0v) is 24.9. The number of nitrogens with zero attached hydrogens (tertiary/aromatic N) is 1. The van der Waals surface area contributed by atoms with E-state index in [0.717, 1.165) is 32.1 Å². The standard InChI is InChI=1S/C31H46N4O6/c1-7-9-15-21(26(37)28(39)32-16-8-2)33-27(38)24-22-20(31(22,5)6)17-35(24)30(41)23(19-13-11-10-12-14-19)34-29(40)25(36)18(3)4/h7-8,18-24H,1-2,9-17H2,3-6H3,(H,32,39)(H,33,38)(H,34,40)/t20-,21?,22-,23-,24-/m0/s1. The number of nitrogens with one attached hydrogen (secondary N) is 3. The molecule has 3 rings (SSSR count). The first-order valence-corrected chi connectivity index (χ1v) is 14.9. The summed E-state index contributed by atoms with van der Waals surface area (Å²) in [4.78, 5) is 80.1. The van der Waals surface area contributed by atoms with Crippen molar-refractivity contribution in [3.8, 4) is 0 Å². The van der Waals surface area contributed by atoms with Crippen LogP contribution in [0.1, 0.15) is 72.6 Å². The van der Waals surface area contributed by atoms with Crippen LogP contribution in [0.5, 0.6) is 0 Å². The predicted molar refractivity (Wildman–Crippen MR) is 154 cm³/mol. The van der Waals surface area contributed by atoms with Crippen molar-refractivity contribution in [3.63, 3.8) is 0 Å².